The molecule has 1 saturated heterocycles. The van der Waals surface area contributed by atoms with Crippen molar-refractivity contribution < 1.29 is 14.3 Å². The molecule has 1 aliphatic heterocycles. The summed E-state index contributed by atoms with van der Waals surface area (Å²) in [5.74, 6) is 2.35. The zero-order valence-corrected chi connectivity index (χ0v) is 19.9. The van der Waals surface area contributed by atoms with Crippen LogP contribution in [-0.4, -0.2) is 54.8 Å². The van der Waals surface area contributed by atoms with E-state index in [1.165, 1.54) is 11.3 Å². The molecule has 168 valence electrons. The van der Waals surface area contributed by atoms with Gasteiger partial charge in [0.25, 0.3) is 0 Å². The second-order valence-electron chi connectivity index (χ2n) is 8.45. The van der Waals surface area contributed by atoms with Gasteiger partial charge < -0.3 is 19.8 Å². The molecule has 2 atom stereocenters. The second-order valence-corrected chi connectivity index (χ2v) is 9.33. The van der Waals surface area contributed by atoms with Crippen molar-refractivity contribution in [1.29, 1.82) is 5.41 Å². The van der Waals surface area contributed by atoms with E-state index in [1.807, 2.05) is 37.8 Å². The van der Waals surface area contributed by atoms with E-state index in [9.17, 15) is 4.79 Å². The van der Waals surface area contributed by atoms with E-state index in [4.69, 9.17) is 14.9 Å². The number of benzene rings is 1. The molecule has 1 aromatic carbocycles. The zero-order valence-electron chi connectivity index (χ0n) is 19.1. The largest absolute Gasteiger partial charge is 0.495 e. The standard InChI is InChI=1S/C13H13NOS.C10H17NO2.CH3N/c1-15-11-5-8-13(14-9-11)10-3-6-12(16-2)7-4-10;1-10(2,3)13-9(12)11-5-7-4-8(7)6-11;1-2/h3-9H,1-2H3;7-8H,4-6H2,1-3H3;2H,1H2. The molecule has 0 spiro atoms. The molecule has 1 aromatic heterocycles. The van der Waals surface area contributed by atoms with Gasteiger partial charge in [-0.05, 0) is 76.3 Å². The van der Waals surface area contributed by atoms with Crippen molar-refractivity contribution in [3.63, 3.8) is 0 Å². The van der Waals surface area contributed by atoms with Crippen LogP contribution >= 0.6 is 11.8 Å². The molecule has 1 N–H and O–H groups in total. The van der Waals surface area contributed by atoms with Crippen molar-refractivity contribution in [2.75, 3.05) is 26.5 Å². The first-order chi connectivity index (χ1) is 14.8. The Kier molecular flexibility index (Phi) is 8.92. The number of hydrogen-bond acceptors (Lipinski definition) is 6. The minimum absolute atomic E-state index is 0.139. The van der Waals surface area contributed by atoms with Crippen molar-refractivity contribution in [3.05, 3.63) is 42.6 Å². The number of amides is 1. The van der Waals surface area contributed by atoms with E-state index in [0.29, 0.717) is 0 Å². The Morgan fingerprint density at radius 1 is 1.13 bits per heavy atom. The molecule has 2 unspecified atom stereocenters. The van der Waals surface area contributed by atoms with Gasteiger partial charge in [0.2, 0.25) is 0 Å². The van der Waals surface area contributed by atoms with Crippen LogP contribution in [0.4, 0.5) is 4.79 Å². The van der Waals surface area contributed by atoms with Gasteiger partial charge in [-0.3, -0.25) is 4.98 Å². The highest BCUT2D eigenvalue weighted by Gasteiger charge is 2.47. The molecule has 4 rings (SSSR count). The Balaban J connectivity index is 0.000000208. The maximum absolute atomic E-state index is 11.5. The minimum Gasteiger partial charge on any atom is -0.495 e. The van der Waals surface area contributed by atoms with Crippen LogP contribution in [0.5, 0.6) is 5.75 Å². The number of likely N-dealkylation sites (tertiary alicyclic amines) is 1. The number of carbonyl (C=O) groups is 1. The maximum Gasteiger partial charge on any atom is 0.410 e. The van der Waals surface area contributed by atoms with Crippen molar-refractivity contribution in [2.24, 2.45) is 11.8 Å². The molecule has 2 aromatic rings. The summed E-state index contributed by atoms with van der Waals surface area (Å²) in [5.41, 5.74) is 1.73. The summed E-state index contributed by atoms with van der Waals surface area (Å²) in [6, 6.07) is 12.3. The third-order valence-corrected chi connectivity index (χ3v) is 5.73. The van der Waals surface area contributed by atoms with Crippen LogP contribution in [0.15, 0.2) is 47.5 Å². The van der Waals surface area contributed by atoms with Crippen LogP contribution in [0.2, 0.25) is 0 Å². The van der Waals surface area contributed by atoms with E-state index in [1.54, 1.807) is 25.1 Å². The summed E-state index contributed by atoms with van der Waals surface area (Å²) in [6.07, 6.45) is 4.98. The molecule has 2 fully saturated rings. The highest BCUT2D eigenvalue weighted by atomic mass is 32.2. The normalized spacial score (nSPS) is 18.5. The molecular formula is C24H33N3O3S. The number of carbonyl (C=O) groups excluding carboxylic acids is 1. The number of piperidine rings is 1. The Bertz CT molecular complexity index is 779. The third kappa shape index (κ3) is 7.58. The first kappa shape index (κ1) is 24.7. The van der Waals surface area contributed by atoms with E-state index in [2.05, 4.69) is 42.2 Å². The van der Waals surface area contributed by atoms with Crippen molar-refractivity contribution in [2.45, 2.75) is 37.7 Å². The number of fused-ring (bicyclic) bond motifs is 1. The summed E-state index contributed by atoms with van der Waals surface area (Å²) in [5, 5.41) is 5.50. The fraction of sp³-hybridized carbons (Fsp3) is 0.458. The lowest BCUT2D eigenvalue weighted by molar-refractivity contribution is 0.0274. The fourth-order valence-electron chi connectivity index (χ4n) is 3.31. The fourth-order valence-corrected chi connectivity index (χ4v) is 3.72. The van der Waals surface area contributed by atoms with Crippen LogP contribution in [0.25, 0.3) is 11.3 Å². The molecule has 0 bridgehead atoms. The summed E-state index contributed by atoms with van der Waals surface area (Å²) in [4.78, 5) is 19.0. The Morgan fingerprint density at radius 2 is 1.74 bits per heavy atom. The van der Waals surface area contributed by atoms with E-state index >= 15 is 0 Å². The molecule has 7 heteroatoms. The van der Waals surface area contributed by atoms with Gasteiger partial charge in [-0.15, -0.1) is 11.8 Å². The van der Waals surface area contributed by atoms with E-state index in [0.717, 1.165) is 41.9 Å². The summed E-state index contributed by atoms with van der Waals surface area (Å²) in [6.45, 7) is 10.0. The predicted octanol–water partition coefficient (Wildman–Crippen LogP) is 5.62. The lowest BCUT2D eigenvalue weighted by Crippen LogP contribution is -2.36. The summed E-state index contributed by atoms with van der Waals surface area (Å²) >= 11 is 1.74. The highest BCUT2D eigenvalue weighted by molar-refractivity contribution is 7.98. The van der Waals surface area contributed by atoms with Gasteiger partial charge >= 0.3 is 6.09 Å². The minimum atomic E-state index is -0.357. The van der Waals surface area contributed by atoms with Gasteiger partial charge in [-0.2, -0.15) is 0 Å². The quantitative estimate of drug-likeness (QED) is 0.492. The van der Waals surface area contributed by atoms with Gasteiger partial charge in [0, 0.05) is 23.5 Å². The second kappa shape index (κ2) is 11.2. The highest BCUT2D eigenvalue weighted by Crippen LogP contribution is 2.45. The summed E-state index contributed by atoms with van der Waals surface area (Å²) in [7, 11) is 1.64. The predicted molar refractivity (Wildman–Crippen MR) is 127 cm³/mol. The zero-order chi connectivity index (χ0) is 23.0. The SMILES string of the molecule is C=N.CC(C)(C)OC(=O)N1CC2CC2C1.COc1ccc(-c2ccc(SC)cc2)nc1. The molecular weight excluding hydrogens is 410 g/mol. The van der Waals surface area contributed by atoms with Gasteiger partial charge in [0.15, 0.2) is 0 Å². The maximum atomic E-state index is 11.5. The molecule has 1 amide bonds. The van der Waals surface area contributed by atoms with E-state index < -0.39 is 0 Å². The molecule has 31 heavy (non-hydrogen) atoms. The van der Waals surface area contributed by atoms with Crippen molar-refractivity contribution in [1.82, 2.24) is 9.88 Å². The van der Waals surface area contributed by atoms with Gasteiger partial charge in [0.1, 0.15) is 11.4 Å². The van der Waals surface area contributed by atoms with Crippen molar-refractivity contribution in [3.8, 4) is 17.0 Å². The lowest BCUT2D eigenvalue weighted by Gasteiger charge is -2.25. The number of nitrogens with zero attached hydrogens (tertiary/aromatic N) is 2. The van der Waals surface area contributed by atoms with Crippen LogP contribution in [0.1, 0.15) is 27.2 Å². The number of nitrogens with one attached hydrogen (secondary N) is 1. The Hall–Kier alpha value is -2.54. The lowest BCUT2D eigenvalue weighted by atomic mass is 10.1. The van der Waals surface area contributed by atoms with Gasteiger partial charge in [-0.25, -0.2) is 4.79 Å². The number of ether oxygens (including phenoxy) is 2. The Morgan fingerprint density at radius 3 is 2.19 bits per heavy atom. The topological polar surface area (TPSA) is 75.5 Å². The number of pyridine rings is 1. The average Bonchev–Trinajstić information content (AvgIpc) is 3.39. The number of aromatic nitrogens is 1. The molecule has 0 radical (unpaired) electrons. The molecule has 1 saturated carbocycles. The van der Waals surface area contributed by atoms with Crippen LogP contribution in [0, 0.1) is 17.2 Å². The van der Waals surface area contributed by atoms with Crippen LogP contribution in [-0.2, 0) is 4.74 Å². The van der Waals surface area contributed by atoms with Crippen LogP contribution < -0.4 is 4.74 Å². The number of methoxy groups -OCH3 is 1. The number of thioether (sulfide) groups is 1. The van der Waals surface area contributed by atoms with Crippen LogP contribution in [0.3, 0.4) is 0 Å². The molecule has 2 aliphatic rings. The Labute approximate surface area is 189 Å². The first-order valence-electron chi connectivity index (χ1n) is 10.3. The summed E-state index contributed by atoms with van der Waals surface area (Å²) < 4.78 is 10.4. The van der Waals surface area contributed by atoms with Gasteiger partial charge in [-0.1, -0.05) is 12.1 Å². The first-order valence-corrected chi connectivity index (χ1v) is 11.5. The third-order valence-electron chi connectivity index (χ3n) is 4.99. The smallest absolute Gasteiger partial charge is 0.410 e. The number of rotatable bonds is 3. The monoisotopic (exact) mass is 443 g/mol. The molecule has 6 nitrogen and oxygen atoms in total. The number of hydrogen-bond donors (Lipinski definition) is 1. The molecule has 2 heterocycles. The molecule has 1 aliphatic carbocycles. The van der Waals surface area contributed by atoms with E-state index in [-0.39, 0.29) is 11.7 Å². The van der Waals surface area contributed by atoms with Crippen molar-refractivity contribution >= 4 is 24.6 Å². The van der Waals surface area contributed by atoms with Gasteiger partial charge in [0.05, 0.1) is 19.0 Å². The average molecular weight is 444 g/mol.